The van der Waals surface area contributed by atoms with Gasteiger partial charge in [0, 0.05) is 37.6 Å². The van der Waals surface area contributed by atoms with Crippen molar-refractivity contribution in [1.82, 2.24) is 13.8 Å². The highest BCUT2D eigenvalue weighted by Crippen LogP contribution is 2.24. The van der Waals surface area contributed by atoms with Gasteiger partial charge in [-0.3, -0.25) is 0 Å². The minimum atomic E-state index is -3.45. The van der Waals surface area contributed by atoms with Gasteiger partial charge in [-0.05, 0) is 39.9 Å². The van der Waals surface area contributed by atoms with Crippen molar-refractivity contribution >= 4 is 10.0 Å². The molecule has 0 spiro atoms. The summed E-state index contributed by atoms with van der Waals surface area (Å²) in [6.07, 6.45) is 3.33. The van der Waals surface area contributed by atoms with Gasteiger partial charge in [-0.15, -0.1) is 0 Å². The van der Waals surface area contributed by atoms with Crippen LogP contribution < -0.4 is 0 Å². The summed E-state index contributed by atoms with van der Waals surface area (Å²) in [6.45, 7) is 3.53. The molecule has 0 saturated carbocycles. The van der Waals surface area contributed by atoms with Crippen LogP contribution in [-0.4, -0.2) is 60.5 Å². The second kappa shape index (κ2) is 6.48. The molecule has 6 nitrogen and oxygen atoms in total. The van der Waals surface area contributed by atoms with Gasteiger partial charge in [-0.1, -0.05) is 0 Å². The van der Waals surface area contributed by atoms with Crippen LogP contribution in [0.2, 0.25) is 0 Å². The lowest BCUT2D eigenvalue weighted by Crippen LogP contribution is -2.44. The highest BCUT2D eigenvalue weighted by atomic mass is 32.2. The van der Waals surface area contributed by atoms with E-state index >= 15 is 0 Å². The molecule has 1 aromatic rings. The number of hydrogen-bond acceptors (Lipinski definition) is 4. The number of sulfonamides is 1. The topological polar surface area (TPSA) is 65.8 Å². The number of aryl methyl sites for hydroxylation is 1. The molecular weight excluding hydrogens is 290 g/mol. The van der Waals surface area contributed by atoms with E-state index in [1.54, 1.807) is 21.1 Å². The number of rotatable bonds is 5. The van der Waals surface area contributed by atoms with Gasteiger partial charge in [-0.2, -0.15) is 4.31 Å². The lowest BCUT2D eigenvalue weighted by Gasteiger charge is -2.34. The fourth-order valence-electron chi connectivity index (χ4n) is 2.84. The summed E-state index contributed by atoms with van der Waals surface area (Å²) in [5, 5.41) is 9.30. The largest absolute Gasteiger partial charge is 0.390 e. The van der Waals surface area contributed by atoms with Crippen molar-refractivity contribution in [2.45, 2.75) is 43.9 Å². The first-order chi connectivity index (χ1) is 9.90. The van der Waals surface area contributed by atoms with Crippen molar-refractivity contribution in [3.63, 3.8) is 0 Å². The smallest absolute Gasteiger partial charge is 0.244 e. The molecule has 21 heavy (non-hydrogen) atoms. The van der Waals surface area contributed by atoms with E-state index in [1.165, 1.54) is 0 Å². The molecule has 1 aromatic heterocycles. The Morgan fingerprint density at radius 1 is 1.33 bits per heavy atom. The summed E-state index contributed by atoms with van der Waals surface area (Å²) in [7, 11) is 0.613. The van der Waals surface area contributed by atoms with Crippen molar-refractivity contribution in [3.05, 3.63) is 18.0 Å². The first-order valence-corrected chi connectivity index (χ1v) is 8.80. The summed E-state index contributed by atoms with van der Waals surface area (Å²) >= 11 is 0. The van der Waals surface area contributed by atoms with Gasteiger partial charge in [-0.25, -0.2) is 8.42 Å². The van der Waals surface area contributed by atoms with Crippen molar-refractivity contribution in [2.24, 2.45) is 0 Å². The maximum absolute atomic E-state index is 12.7. The predicted octanol–water partition coefficient (Wildman–Crippen LogP) is 0.715. The van der Waals surface area contributed by atoms with E-state index in [-0.39, 0.29) is 11.5 Å². The second-order valence-electron chi connectivity index (χ2n) is 5.71. The molecule has 2 heterocycles. The van der Waals surface area contributed by atoms with E-state index in [9.17, 15) is 13.5 Å². The van der Waals surface area contributed by atoms with Crippen LogP contribution in [0, 0.1) is 0 Å². The predicted molar refractivity (Wildman–Crippen MR) is 81.5 cm³/mol. The molecule has 0 radical (unpaired) electrons. The van der Waals surface area contributed by atoms with E-state index in [1.807, 2.05) is 21.0 Å². The number of aliphatic hydroxyl groups excluding tert-OH is 1. The Morgan fingerprint density at radius 2 is 1.95 bits per heavy atom. The number of aromatic nitrogens is 1. The number of nitrogens with zero attached hydrogens (tertiary/aromatic N) is 3. The van der Waals surface area contributed by atoms with Gasteiger partial charge in [0.25, 0.3) is 0 Å². The maximum Gasteiger partial charge on any atom is 0.244 e. The highest BCUT2D eigenvalue weighted by molar-refractivity contribution is 7.89. The molecular formula is C14H25N3O3S. The second-order valence-corrected chi connectivity index (χ2v) is 7.65. The SMILES string of the molecule is CCn1cc(S(=O)(=O)N2CCC(N(C)C)CC2)cc1CO. The third-order valence-corrected chi connectivity index (χ3v) is 6.12. The Kier molecular flexibility index (Phi) is 5.08. The molecule has 1 saturated heterocycles. The van der Waals surface area contributed by atoms with Gasteiger partial charge >= 0.3 is 0 Å². The Bertz CT molecular complexity index is 551. The summed E-state index contributed by atoms with van der Waals surface area (Å²) in [4.78, 5) is 2.44. The normalized spacial score (nSPS) is 18.5. The van der Waals surface area contributed by atoms with Crippen molar-refractivity contribution in [2.75, 3.05) is 27.2 Å². The van der Waals surface area contributed by atoms with Gasteiger partial charge in [0.1, 0.15) is 4.90 Å². The van der Waals surface area contributed by atoms with E-state index in [0.29, 0.717) is 31.4 Å². The van der Waals surface area contributed by atoms with Crippen molar-refractivity contribution < 1.29 is 13.5 Å². The van der Waals surface area contributed by atoms with Crippen LogP contribution in [0.4, 0.5) is 0 Å². The lowest BCUT2D eigenvalue weighted by atomic mass is 10.1. The molecule has 0 atom stereocenters. The minimum Gasteiger partial charge on any atom is -0.390 e. The molecule has 2 rings (SSSR count). The average molecular weight is 315 g/mol. The molecule has 0 aromatic carbocycles. The van der Waals surface area contributed by atoms with E-state index in [0.717, 1.165) is 12.8 Å². The maximum atomic E-state index is 12.7. The molecule has 1 aliphatic heterocycles. The van der Waals surface area contributed by atoms with Gasteiger partial charge in [0.15, 0.2) is 0 Å². The lowest BCUT2D eigenvalue weighted by molar-refractivity contribution is 0.196. The third kappa shape index (κ3) is 3.31. The summed E-state index contributed by atoms with van der Waals surface area (Å²) in [5.41, 5.74) is 0.638. The van der Waals surface area contributed by atoms with Crippen LogP contribution >= 0.6 is 0 Å². The Hall–Kier alpha value is -0.890. The molecule has 1 aliphatic rings. The van der Waals surface area contributed by atoms with E-state index in [4.69, 9.17) is 0 Å². The summed E-state index contributed by atoms with van der Waals surface area (Å²) < 4.78 is 28.7. The zero-order chi connectivity index (χ0) is 15.6. The zero-order valence-electron chi connectivity index (χ0n) is 13.0. The molecule has 1 N–H and O–H groups in total. The molecule has 0 aliphatic carbocycles. The summed E-state index contributed by atoms with van der Waals surface area (Å²) in [5.74, 6) is 0. The van der Waals surface area contributed by atoms with E-state index < -0.39 is 10.0 Å². The number of piperidine rings is 1. The molecule has 7 heteroatoms. The van der Waals surface area contributed by atoms with Crippen molar-refractivity contribution in [3.8, 4) is 0 Å². The molecule has 1 fully saturated rings. The van der Waals surface area contributed by atoms with Gasteiger partial charge in [0.05, 0.1) is 6.61 Å². The van der Waals surface area contributed by atoms with Crippen LogP contribution in [0.15, 0.2) is 17.2 Å². The van der Waals surface area contributed by atoms with Gasteiger partial charge < -0.3 is 14.6 Å². The minimum absolute atomic E-state index is 0.147. The fourth-order valence-corrected chi connectivity index (χ4v) is 4.38. The van der Waals surface area contributed by atoms with Crippen LogP contribution in [-0.2, 0) is 23.2 Å². The number of hydrogen-bond donors (Lipinski definition) is 1. The number of aliphatic hydroxyl groups is 1. The fraction of sp³-hybridized carbons (Fsp3) is 0.714. The Labute approximate surface area is 127 Å². The van der Waals surface area contributed by atoms with Crippen LogP contribution in [0.25, 0.3) is 0 Å². The summed E-state index contributed by atoms with van der Waals surface area (Å²) in [6, 6.07) is 2.03. The highest BCUT2D eigenvalue weighted by Gasteiger charge is 2.31. The third-order valence-electron chi connectivity index (χ3n) is 4.26. The van der Waals surface area contributed by atoms with Crippen molar-refractivity contribution in [1.29, 1.82) is 0 Å². The Balaban J connectivity index is 2.17. The van der Waals surface area contributed by atoms with Gasteiger partial charge in [0.2, 0.25) is 10.0 Å². The molecule has 0 bridgehead atoms. The molecule has 0 amide bonds. The van der Waals surface area contributed by atoms with Crippen LogP contribution in [0.1, 0.15) is 25.5 Å². The Morgan fingerprint density at radius 3 is 2.38 bits per heavy atom. The van der Waals surface area contributed by atoms with Crippen LogP contribution in [0.3, 0.4) is 0 Å². The molecule has 120 valence electrons. The zero-order valence-corrected chi connectivity index (χ0v) is 13.8. The first kappa shape index (κ1) is 16.5. The quantitative estimate of drug-likeness (QED) is 0.869. The average Bonchev–Trinajstić information content (AvgIpc) is 2.91. The van der Waals surface area contributed by atoms with Crippen LogP contribution in [0.5, 0.6) is 0 Å². The standard InChI is InChI=1S/C14H25N3O3S/c1-4-16-10-14(9-13(16)11-18)21(19,20)17-7-5-12(6-8-17)15(2)3/h9-10,12,18H,4-8,11H2,1-3H3. The van der Waals surface area contributed by atoms with E-state index in [2.05, 4.69) is 4.90 Å². The monoisotopic (exact) mass is 315 g/mol. The molecule has 0 unspecified atom stereocenters. The first-order valence-electron chi connectivity index (χ1n) is 7.36.